The van der Waals surface area contributed by atoms with Crippen molar-refractivity contribution in [3.05, 3.63) is 0 Å². The summed E-state index contributed by atoms with van der Waals surface area (Å²) in [5.41, 5.74) is 0. The Morgan fingerprint density at radius 2 is 0.944 bits per heavy atom. The summed E-state index contributed by atoms with van der Waals surface area (Å²) >= 11 is 0. The summed E-state index contributed by atoms with van der Waals surface area (Å²) in [5, 5.41) is 0. The van der Waals surface area contributed by atoms with Gasteiger partial charge in [-0.15, -0.1) is 0 Å². The molecule has 0 radical (unpaired) electrons. The van der Waals surface area contributed by atoms with E-state index in [4.69, 9.17) is 0 Å². The standard InChI is InChI=1S/C10H12N2O6/c13-7-3-11(4-8(14)17-7)1-2-12-5-9(15)18-10(16)6-12/h1-6H2/p+2. The number of rotatable bonds is 3. The van der Waals surface area contributed by atoms with E-state index < -0.39 is 23.9 Å². The van der Waals surface area contributed by atoms with Gasteiger partial charge >= 0.3 is 23.9 Å². The van der Waals surface area contributed by atoms with Crippen LogP contribution in [0.25, 0.3) is 0 Å². The number of carbonyl (C=O) groups excluding carboxylic acids is 4. The average Bonchev–Trinajstić information content (AvgIpc) is 2.23. The molecule has 0 aromatic carbocycles. The molecule has 2 saturated heterocycles. The monoisotopic (exact) mass is 258 g/mol. The maximum absolute atomic E-state index is 11.0. The second-order valence-corrected chi connectivity index (χ2v) is 4.40. The SMILES string of the molecule is O=C1C[NH+](CC[NH+]2CC(=O)OC(=O)C2)CC(=O)O1. The van der Waals surface area contributed by atoms with Crippen LogP contribution in [0, 0.1) is 0 Å². The van der Waals surface area contributed by atoms with Gasteiger partial charge in [-0.05, 0) is 0 Å². The first-order chi connectivity index (χ1) is 8.52. The van der Waals surface area contributed by atoms with Crippen molar-refractivity contribution in [2.75, 3.05) is 39.3 Å². The molecular weight excluding hydrogens is 244 g/mol. The minimum absolute atomic E-state index is 0.136. The van der Waals surface area contributed by atoms with Crippen LogP contribution in [0.3, 0.4) is 0 Å². The zero-order chi connectivity index (χ0) is 13.1. The van der Waals surface area contributed by atoms with E-state index in [0.717, 1.165) is 9.80 Å². The summed E-state index contributed by atoms with van der Waals surface area (Å²) in [6.07, 6.45) is 0. The number of ether oxygens (including phenoxy) is 2. The van der Waals surface area contributed by atoms with Gasteiger partial charge in [-0.25, -0.2) is 19.2 Å². The number of carbonyl (C=O) groups is 4. The molecule has 18 heavy (non-hydrogen) atoms. The largest absolute Gasteiger partial charge is 0.385 e. The van der Waals surface area contributed by atoms with Gasteiger partial charge in [0.2, 0.25) is 0 Å². The topological polar surface area (TPSA) is 95.6 Å². The highest BCUT2D eigenvalue weighted by Crippen LogP contribution is 1.82. The Balaban J connectivity index is 1.80. The van der Waals surface area contributed by atoms with Crippen molar-refractivity contribution >= 4 is 23.9 Å². The van der Waals surface area contributed by atoms with E-state index in [1.807, 2.05) is 0 Å². The second kappa shape index (κ2) is 5.23. The Morgan fingerprint density at radius 3 is 1.22 bits per heavy atom. The number of hydrogen-bond acceptors (Lipinski definition) is 6. The van der Waals surface area contributed by atoms with Crippen LogP contribution < -0.4 is 9.80 Å². The molecule has 0 amide bonds. The van der Waals surface area contributed by atoms with Crippen molar-refractivity contribution < 1.29 is 38.5 Å². The molecule has 98 valence electrons. The minimum Gasteiger partial charge on any atom is -0.385 e. The van der Waals surface area contributed by atoms with Crippen molar-refractivity contribution in [3.8, 4) is 0 Å². The fourth-order valence-corrected chi connectivity index (χ4v) is 2.05. The van der Waals surface area contributed by atoms with Gasteiger partial charge in [-0.3, -0.25) is 0 Å². The Bertz CT molecular complexity index is 337. The number of quaternary nitrogens is 2. The van der Waals surface area contributed by atoms with Crippen LogP contribution in [0.5, 0.6) is 0 Å². The molecule has 0 unspecified atom stereocenters. The summed E-state index contributed by atoms with van der Waals surface area (Å²) in [5.74, 6) is -2.15. The van der Waals surface area contributed by atoms with Crippen molar-refractivity contribution in [2.45, 2.75) is 0 Å². The Labute approximate surface area is 102 Å². The van der Waals surface area contributed by atoms with Gasteiger partial charge in [0.15, 0.2) is 26.2 Å². The summed E-state index contributed by atoms with van der Waals surface area (Å²) in [6.45, 7) is 1.59. The van der Waals surface area contributed by atoms with E-state index in [-0.39, 0.29) is 26.2 Å². The third kappa shape index (κ3) is 3.34. The number of cyclic esters (lactones) is 4. The molecule has 2 aliphatic heterocycles. The predicted octanol–water partition coefficient (Wildman–Crippen LogP) is -5.08. The first-order valence-corrected chi connectivity index (χ1v) is 5.67. The van der Waals surface area contributed by atoms with Crippen molar-refractivity contribution in [2.24, 2.45) is 0 Å². The van der Waals surface area contributed by atoms with Gasteiger partial charge in [0.05, 0.1) is 0 Å². The number of nitrogens with one attached hydrogen (secondary N) is 2. The second-order valence-electron chi connectivity index (χ2n) is 4.40. The predicted molar refractivity (Wildman–Crippen MR) is 53.3 cm³/mol. The van der Waals surface area contributed by atoms with Crippen molar-refractivity contribution in [1.82, 2.24) is 0 Å². The molecule has 0 aromatic rings. The Morgan fingerprint density at radius 1 is 0.667 bits per heavy atom. The van der Waals surface area contributed by atoms with Gasteiger partial charge in [0.25, 0.3) is 0 Å². The van der Waals surface area contributed by atoms with E-state index >= 15 is 0 Å². The van der Waals surface area contributed by atoms with Crippen molar-refractivity contribution in [1.29, 1.82) is 0 Å². The van der Waals surface area contributed by atoms with Crippen LogP contribution in [0.15, 0.2) is 0 Å². The summed E-state index contributed by atoms with van der Waals surface area (Å²) < 4.78 is 8.82. The van der Waals surface area contributed by atoms with Crippen molar-refractivity contribution in [3.63, 3.8) is 0 Å². The number of esters is 4. The Kier molecular flexibility index (Phi) is 3.68. The number of morpholine rings is 2. The maximum atomic E-state index is 11.0. The van der Waals surface area contributed by atoms with Crippen LogP contribution in [0.2, 0.25) is 0 Å². The van der Waals surface area contributed by atoms with Crippen LogP contribution in [-0.4, -0.2) is 63.1 Å². The third-order valence-electron chi connectivity index (χ3n) is 2.86. The minimum atomic E-state index is -0.537. The smallest absolute Gasteiger partial charge is 0.369 e. The molecule has 0 bridgehead atoms. The molecule has 2 heterocycles. The lowest BCUT2D eigenvalue weighted by molar-refractivity contribution is -0.946. The summed E-state index contributed by atoms with van der Waals surface area (Å²) in [7, 11) is 0. The van der Waals surface area contributed by atoms with E-state index in [2.05, 4.69) is 9.47 Å². The molecule has 0 aromatic heterocycles. The third-order valence-corrected chi connectivity index (χ3v) is 2.86. The molecule has 2 fully saturated rings. The summed E-state index contributed by atoms with van der Waals surface area (Å²) in [4.78, 5) is 45.7. The van der Waals surface area contributed by atoms with E-state index in [1.165, 1.54) is 0 Å². The molecule has 0 aliphatic carbocycles. The quantitative estimate of drug-likeness (QED) is 0.388. The maximum Gasteiger partial charge on any atom is 0.369 e. The van der Waals surface area contributed by atoms with Gasteiger partial charge in [-0.1, -0.05) is 0 Å². The van der Waals surface area contributed by atoms with Gasteiger partial charge in [-0.2, -0.15) is 0 Å². The first kappa shape index (κ1) is 12.7. The normalized spacial score (nSPS) is 22.9. The van der Waals surface area contributed by atoms with E-state index in [1.54, 1.807) is 0 Å². The van der Waals surface area contributed by atoms with E-state index in [9.17, 15) is 19.2 Å². The van der Waals surface area contributed by atoms with Gasteiger partial charge in [0.1, 0.15) is 13.1 Å². The van der Waals surface area contributed by atoms with Crippen LogP contribution in [0.4, 0.5) is 0 Å². The average molecular weight is 258 g/mol. The molecule has 2 aliphatic rings. The van der Waals surface area contributed by atoms with Crippen LogP contribution in [0.1, 0.15) is 0 Å². The summed E-state index contributed by atoms with van der Waals surface area (Å²) in [6, 6.07) is 0. The van der Waals surface area contributed by atoms with Gasteiger partial charge < -0.3 is 19.3 Å². The lowest BCUT2D eigenvalue weighted by atomic mass is 10.3. The molecule has 0 saturated carbocycles. The Hall–Kier alpha value is -1.80. The lowest BCUT2D eigenvalue weighted by Gasteiger charge is -2.25. The molecular formula is C10H14N2O6+2. The molecule has 0 atom stereocenters. The fraction of sp³-hybridized carbons (Fsp3) is 0.600. The van der Waals surface area contributed by atoms with E-state index in [0.29, 0.717) is 13.1 Å². The zero-order valence-corrected chi connectivity index (χ0v) is 9.69. The highest BCUT2D eigenvalue weighted by molar-refractivity contribution is 5.88. The van der Waals surface area contributed by atoms with Gasteiger partial charge in [0, 0.05) is 0 Å². The fourth-order valence-electron chi connectivity index (χ4n) is 2.05. The highest BCUT2D eigenvalue weighted by Gasteiger charge is 2.32. The molecule has 2 N–H and O–H groups in total. The molecule has 0 spiro atoms. The lowest BCUT2D eigenvalue weighted by Crippen LogP contribution is -3.23. The molecule has 8 heteroatoms. The van der Waals surface area contributed by atoms with Crippen LogP contribution in [-0.2, 0) is 28.7 Å². The number of hydrogen-bond donors (Lipinski definition) is 2. The van der Waals surface area contributed by atoms with Crippen LogP contribution >= 0.6 is 0 Å². The highest BCUT2D eigenvalue weighted by atomic mass is 16.6. The first-order valence-electron chi connectivity index (χ1n) is 5.67. The molecule has 8 nitrogen and oxygen atoms in total. The molecule has 2 rings (SSSR count). The zero-order valence-electron chi connectivity index (χ0n) is 9.69.